The van der Waals surface area contributed by atoms with Gasteiger partial charge < -0.3 is 5.32 Å². The number of nitrogens with zero attached hydrogens (tertiary/aromatic N) is 2. The summed E-state index contributed by atoms with van der Waals surface area (Å²) in [6, 6.07) is 7.28. The fourth-order valence-electron chi connectivity index (χ4n) is 2.37. The lowest BCUT2D eigenvalue weighted by Crippen LogP contribution is -2.36. The van der Waals surface area contributed by atoms with E-state index in [1.165, 1.54) is 29.6 Å². The van der Waals surface area contributed by atoms with Crippen molar-refractivity contribution in [2.24, 2.45) is 5.92 Å². The van der Waals surface area contributed by atoms with Crippen LogP contribution in [0.1, 0.15) is 11.1 Å². The van der Waals surface area contributed by atoms with E-state index in [0.717, 1.165) is 11.3 Å². The molecule has 6 heteroatoms. The van der Waals surface area contributed by atoms with Gasteiger partial charge in [-0.15, -0.1) is 0 Å². The van der Waals surface area contributed by atoms with E-state index < -0.39 is 0 Å². The maximum absolute atomic E-state index is 12.4. The Balaban J connectivity index is 1.75. The van der Waals surface area contributed by atoms with E-state index >= 15 is 0 Å². The summed E-state index contributed by atoms with van der Waals surface area (Å²) in [6.07, 6.45) is 1.51. The highest BCUT2D eigenvalue weighted by molar-refractivity contribution is 7.99. The molecule has 0 saturated heterocycles. The number of amides is 1. The van der Waals surface area contributed by atoms with Gasteiger partial charge in [0, 0.05) is 30.2 Å². The van der Waals surface area contributed by atoms with Crippen LogP contribution in [-0.2, 0) is 11.3 Å². The number of hydrogen-bond acceptors (Lipinski definition) is 4. The van der Waals surface area contributed by atoms with Crippen molar-refractivity contribution in [2.45, 2.75) is 25.5 Å². The topological polar surface area (TPSA) is 64.0 Å². The third-order valence-electron chi connectivity index (χ3n) is 3.86. The molecule has 114 valence electrons. The minimum absolute atomic E-state index is 0.0582. The summed E-state index contributed by atoms with van der Waals surface area (Å²) in [5, 5.41) is 3.62. The van der Waals surface area contributed by atoms with Crippen molar-refractivity contribution in [3.05, 3.63) is 51.9 Å². The van der Waals surface area contributed by atoms with Gasteiger partial charge in [0.15, 0.2) is 5.16 Å². The monoisotopic (exact) mass is 315 g/mol. The van der Waals surface area contributed by atoms with Crippen LogP contribution in [0.4, 0.5) is 5.69 Å². The second-order valence-electron chi connectivity index (χ2n) is 5.47. The van der Waals surface area contributed by atoms with Gasteiger partial charge in [-0.1, -0.05) is 17.8 Å². The number of rotatable bonds is 2. The number of aromatic nitrogens is 2. The molecule has 0 bridgehead atoms. The Hall–Kier alpha value is -2.08. The van der Waals surface area contributed by atoms with Gasteiger partial charge in [-0.05, 0) is 37.1 Å². The van der Waals surface area contributed by atoms with Crippen LogP contribution < -0.4 is 10.9 Å². The van der Waals surface area contributed by atoms with E-state index in [1.807, 2.05) is 32.0 Å². The lowest BCUT2D eigenvalue weighted by molar-refractivity contribution is -0.119. The van der Waals surface area contributed by atoms with Crippen LogP contribution in [0.25, 0.3) is 0 Å². The summed E-state index contributed by atoms with van der Waals surface area (Å²) in [4.78, 5) is 28.4. The minimum Gasteiger partial charge on any atom is -0.326 e. The van der Waals surface area contributed by atoms with Crippen molar-refractivity contribution >= 4 is 23.4 Å². The molecular formula is C16H17N3O2S. The standard InChI is InChI=1S/C16H17N3O2S/c1-10-3-4-13(7-11(10)2)18-15(21)12-8-19-14(20)5-6-17-16(19)22-9-12/h3-7,12H,8-9H2,1-2H3,(H,18,21). The molecule has 1 aromatic heterocycles. The van der Waals surface area contributed by atoms with Gasteiger partial charge in [0.1, 0.15) is 0 Å². The molecule has 3 rings (SSSR count). The molecule has 2 heterocycles. The molecule has 1 unspecified atom stereocenters. The van der Waals surface area contributed by atoms with E-state index in [4.69, 9.17) is 0 Å². The van der Waals surface area contributed by atoms with Crippen molar-refractivity contribution in [1.29, 1.82) is 0 Å². The number of benzene rings is 1. The first-order valence-electron chi connectivity index (χ1n) is 7.11. The first kappa shape index (κ1) is 14.8. The molecular weight excluding hydrogens is 298 g/mol. The van der Waals surface area contributed by atoms with Crippen LogP contribution in [0.15, 0.2) is 40.4 Å². The average molecular weight is 315 g/mol. The van der Waals surface area contributed by atoms with Crippen LogP contribution in [0.2, 0.25) is 0 Å². The summed E-state index contributed by atoms with van der Waals surface area (Å²) >= 11 is 1.45. The maximum Gasteiger partial charge on any atom is 0.254 e. The number of anilines is 1. The van der Waals surface area contributed by atoms with Gasteiger partial charge in [0.2, 0.25) is 5.91 Å². The largest absolute Gasteiger partial charge is 0.326 e. The molecule has 0 saturated carbocycles. The Bertz CT molecular complexity index is 785. The molecule has 1 aromatic carbocycles. The minimum atomic E-state index is -0.235. The maximum atomic E-state index is 12.4. The Labute approximate surface area is 132 Å². The second-order valence-corrected chi connectivity index (χ2v) is 6.46. The molecule has 0 radical (unpaired) electrons. The molecule has 2 aromatic rings. The van der Waals surface area contributed by atoms with E-state index in [2.05, 4.69) is 10.3 Å². The van der Waals surface area contributed by atoms with Gasteiger partial charge in [-0.3, -0.25) is 14.2 Å². The summed E-state index contributed by atoms with van der Waals surface area (Å²) in [5.41, 5.74) is 3.02. The zero-order valence-electron chi connectivity index (χ0n) is 12.5. The SMILES string of the molecule is Cc1ccc(NC(=O)C2CSc3nccc(=O)n3C2)cc1C. The molecule has 1 N–H and O–H groups in total. The van der Waals surface area contributed by atoms with Crippen molar-refractivity contribution in [2.75, 3.05) is 11.1 Å². The molecule has 5 nitrogen and oxygen atoms in total. The Morgan fingerprint density at radius 1 is 1.32 bits per heavy atom. The van der Waals surface area contributed by atoms with Crippen molar-refractivity contribution < 1.29 is 4.79 Å². The zero-order valence-corrected chi connectivity index (χ0v) is 13.3. The molecule has 1 aliphatic rings. The lowest BCUT2D eigenvalue weighted by atomic mass is 10.1. The molecule has 0 spiro atoms. The van der Waals surface area contributed by atoms with Crippen LogP contribution in [0, 0.1) is 19.8 Å². The predicted octanol–water partition coefficient (Wildman–Crippen LogP) is 2.22. The summed E-state index contributed by atoms with van der Waals surface area (Å²) in [7, 11) is 0. The number of carbonyl (C=O) groups excluding carboxylic acids is 1. The first-order valence-corrected chi connectivity index (χ1v) is 8.10. The number of hydrogen-bond donors (Lipinski definition) is 1. The lowest BCUT2D eigenvalue weighted by Gasteiger charge is -2.23. The van der Waals surface area contributed by atoms with E-state index in [0.29, 0.717) is 17.5 Å². The van der Waals surface area contributed by atoms with Gasteiger partial charge in [0.05, 0.1) is 5.92 Å². The van der Waals surface area contributed by atoms with E-state index in [1.54, 1.807) is 4.57 Å². The molecule has 1 amide bonds. The quantitative estimate of drug-likeness (QED) is 0.863. The van der Waals surface area contributed by atoms with E-state index in [-0.39, 0.29) is 17.4 Å². The number of aryl methyl sites for hydroxylation is 2. The average Bonchev–Trinajstić information content (AvgIpc) is 2.51. The highest BCUT2D eigenvalue weighted by Gasteiger charge is 2.26. The smallest absolute Gasteiger partial charge is 0.254 e. The zero-order chi connectivity index (χ0) is 15.7. The Morgan fingerprint density at radius 3 is 2.91 bits per heavy atom. The molecule has 1 atom stereocenters. The number of nitrogens with one attached hydrogen (secondary N) is 1. The van der Waals surface area contributed by atoms with Crippen LogP contribution >= 0.6 is 11.8 Å². The van der Waals surface area contributed by atoms with Gasteiger partial charge in [0.25, 0.3) is 5.56 Å². The first-order chi connectivity index (χ1) is 10.5. The summed E-state index contributed by atoms with van der Waals surface area (Å²) < 4.78 is 1.57. The summed E-state index contributed by atoms with van der Waals surface area (Å²) in [6.45, 7) is 4.43. The van der Waals surface area contributed by atoms with Crippen molar-refractivity contribution in [3.63, 3.8) is 0 Å². The van der Waals surface area contributed by atoms with Crippen LogP contribution in [0.3, 0.4) is 0 Å². The highest BCUT2D eigenvalue weighted by Crippen LogP contribution is 2.25. The fourth-order valence-corrected chi connectivity index (χ4v) is 3.44. The van der Waals surface area contributed by atoms with E-state index in [9.17, 15) is 9.59 Å². The molecule has 1 aliphatic heterocycles. The molecule has 0 fully saturated rings. The molecule has 22 heavy (non-hydrogen) atoms. The highest BCUT2D eigenvalue weighted by atomic mass is 32.2. The Morgan fingerprint density at radius 2 is 2.14 bits per heavy atom. The van der Waals surface area contributed by atoms with Crippen molar-refractivity contribution in [1.82, 2.24) is 9.55 Å². The fraction of sp³-hybridized carbons (Fsp3) is 0.312. The Kier molecular flexibility index (Phi) is 4.02. The van der Waals surface area contributed by atoms with Gasteiger partial charge in [-0.25, -0.2) is 4.98 Å². The number of carbonyl (C=O) groups is 1. The van der Waals surface area contributed by atoms with Crippen LogP contribution in [-0.4, -0.2) is 21.2 Å². The van der Waals surface area contributed by atoms with Crippen LogP contribution in [0.5, 0.6) is 0 Å². The molecule has 0 aliphatic carbocycles. The van der Waals surface area contributed by atoms with Crippen molar-refractivity contribution in [3.8, 4) is 0 Å². The van der Waals surface area contributed by atoms with Gasteiger partial charge in [-0.2, -0.15) is 0 Å². The third kappa shape index (κ3) is 2.92. The summed E-state index contributed by atoms with van der Waals surface area (Å²) in [5.74, 6) is 0.339. The predicted molar refractivity (Wildman–Crippen MR) is 87.3 cm³/mol. The number of fused-ring (bicyclic) bond motifs is 1. The number of thioether (sulfide) groups is 1. The second kappa shape index (κ2) is 5.96. The van der Waals surface area contributed by atoms with Gasteiger partial charge >= 0.3 is 0 Å². The normalized spacial score (nSPS) is 16.9. The third-order valence-corrected chi connectivity index (χ3v) is 5.01.